The van der Waals surface area contributed by atoms with E-state index in [1.54, 1.807) is 36.4 Å². The summed E-state index contributed by atoms with van der Waals surface area (Å²) in [6, 6.07) is 15.5. The van der Waals surface area contributed by atoms with Gasteiger partial charge in [-0.15, -0.1) is 10.2 Å². The van der Waals surface area contributed by atoms with E-state index in [0.29, 0.717) is 16.7 Å². The van der Waals surface area contributed by atoms with E-state index in [2.05, 4.69) is 20.1 Å². The van der Waals surface area contributed by atoms with Crippen LogP contribution in [0.5, 0.6) is 0 Å². The van der Waals surface area contributed by atoms with E-state index >= 15 is 0 Å². The molecule has 0 aliphatic carbocycles. The summed E-state index contributed by atoms with van der Waals surface area (Å²) in [4.78, 5) is 24.7. The second-order valence-corrected chi connectivity index (χ2v) is 7.05. The lowest BCUT2D eigenvalue weighted by Crippen LogP contribution is -2.15. The molecule has 4 aromatic rings. The first-order valence-corrected chi connectivity index (χ1v) is 9.56. The van der Waals surface area contributed by atoms with Gasteiger partial charge < -0.3 is 14.3 Å². The largest absolute Gasteiger partial charge is 0.451 e. The molecule has 1 aliphatic rings. The molecule has 0 atom stereocenters. The zero-order chi connectivity index (χ0) is 19.8. The van der Waals surface area contributed by atoms with E-state index in [4.69, 9.17) is 4.42 Å². The molecule has 1 amide bonds. The highest BCUT2D eigenvalue weighted by molar-refractivity contribution is 6.03. The van der Waals surface area contributed by atoms with Crippen molar-refractivity contribution in [3.8, 4) is 11.4 Å². The summed E-state index contributed by atoms with van der Waals surface area (Å²) in [6.07, 6.45) is 3.23. The van der Waals surface area contributed by atoms with Crippen LogP contribution in [0.15, 0.2) is 63.8 Å². The second kappa shape index (κ2) is 7.01. The van der Waals surface area contributed by atoms with Gasteiger partial charge in [0.25, 0.3) is 5.91 Å². The first-order chi connectivity index (χ1) is 14.2. The smallest absolute Gasteiger partial charge is 0.291 e. The number of anilines is 1. The van der Waals surface area contributed by atoms with Crippen LogP contribution in [0.25, 0.3) is 22.4 Å². The Kier molecular flexibility index (Phi) is 4.20. The minimum atomic E-state index is -0.472. The van der Waals surface area contributed by atoms with E-state index in [9.17, 15) is 9.59 Å². The Morgan fingerprint density at radius 3 is 2.72 bits per heavy atom. The van der Waals surface area contributed by atoms with Crippen LogP contribution < -0.4 is 10.7 Å². The Bertz CT molecular complexity index is 1270. The molecule has 0 saturated carbocycles. The molecule has 3 heterocycles. The van der Waals surface area contributed by atoms with Gasteiger partial charge in [-0.1, -0.05) is 12.1 Å². The summed E-state index contributed by atoms with van der Waals surface area (Å²) < 4.78 is 7.74. The first-order valence-electron chi connectivity index (χ1n) is 9.56. The van der Waals surface area contributed by atoms with E-state index < -0.39 is 5.91 Å². The van der Waals surface area contributed by atoms with Crippen molar-refractivity contribution in [2.75, 3.05) is 5.32 Å². The molecule has 1 N–H and O–H groups in total. The number of nitrogens with zero attached hydrogens (tertiary/aromatic N) is 3. The number of hydrogen-bond donors (Lipinski definition) is 1. The summed E-state index contributed by atoms with van der Waals surface area (Å²) in [5.41, 5.74) is 1.69. The molecule has 0 saturated heterocycles. The Morgan fingerprint density at radius 2 is 1.86 bits per heavy atom. The Labute approximate surface area is 166 Å². The summed E-state index contributed by atoms with van der Waals surface area (Å²) in [7, 11) is 0. The molecule has 0 spiro atoms. The number of carbonyl (C=O) groups excluding carboxylic acids is 1. The lowest BCUT2D eigenvalue weighted by Gasteiger charge is -2.14. The predicted octanol–water partition coefficient (Wildman–Crippen LogP) is 3.64. The number of aryl methyl sites for hydroxylation is 1. The monoisotopic (exact) mass is 386 g/mol. The second-order valence-electron chi connectivity index (χ2n) is 7.05. The molecule has 0 unspecified atom stereocenters. The van der Waals surface area contributed by atoms with Crippen molar-refractivity contribution in [1.82, 2.24) is 14.8 Å². The normalized spacial score (nSPS) is 13.2. The molecule has 0 bridgehead atoms. The maximum atomic E-state index is 12.5. The van der Waals surface area contributed by atoms with E-state index in [-0.39, 0.29) is 11.2 Å². The maximum Gasteiger partial charge on any atom is 0.291 e. The van der Waals surface area contributed by atoms with Crippen LogP contribution in [-0.4, -0.2) is 20.7 Å². The standard InChI is InChI=1S/C22H18N4O3/c27-17-13-19(29-18-6-2-1-5-16(17)18)22(28)23-15-10-8-14(9-11-15)21-25-24-20-7-3-4-12-26(20)21/h1-2,5-6,8-11,13H,3-4,7,12H2,(H,23,28). The molecule has 144 valence electrons. The number of fused-ring (bicyclic) bond motifs is 2. The number of rotatable bonds is 3. The summed E-state index contributed by atoms with van der Waals surface area (Å²) in [6.45, 7) is 0.928. The van der Waals surface area contributed by atoms with E-state index in [1.165, 1.54) is 6.07 Å². The van der Waals surface area contributed by atoms with Gasteiger partial charge in [-0.25, -0.2) is 0 Å². The average molecular weight is 386 g/mol. The van der Waals surface area contributed by atoms with Crippen molar-refractivity contribution >= 4 is 22.6 Å². The van der Waals surface area contributed by atoms with Crippen LogP contribution in [0.1, 0.15) is 29.2 Å². The molecule has 7 nitrogen and oxygen atoms in total. The van der Waals surface area contributed by atoms with Crippen LogP contribution in [0.3, 0.4) is 0 Å². The van der Waals surface area contributed by atoms with Gasteiger partial charge in [-0.2, -0.15) is 0 Å². The molecule has 0 fully saturated rings. The third-order valence-corrected chi connectivity index (χ3v) is 5.12. The molecule has 0 radical (unpaired) electrons. The van der Waals surface area contributed by atoms with Gasteiger partial charge in [0.2, 0.25) is 0 Å². The quantitative estimate of drug-likeness (QED) is 0.581. The average Bonchev–Trinajstić information content (AvgIpc) is 3.18. The minimum Gasteiger partial charge on any atom is -0.451 e. The third kappa shape index (κ3) is 3.20. The van der Waals surface area contributed by atoms with Crippen LogP contribution in [-0.2, 0) is 13.0 Å². The molecule has 1 aliphatic heterocycles. The van der Waals surface area contributed by atoms with Crippen molar-refractivity contribution in [2.45, 2.75) is 25.8 Å². The summed E-state index contributed by atoms with van der Waals surface area (Å²) in [5.74, 6) is 1.37. The van der Waals surface area contributed by atoms with Crippen LogP contribution >= 0.6 is 0 Å². The van der Waals surface area contributed by atoms with Gasteiger partial charge in [0.05, 0.1) is 5.39 Å². The highest BCUT2D eigenvalue weighted by Gasteiger charge is 2.17. The van der Waals surface area contributed by atoms with Gasteiger partial charge in [-0.05, 0) is 49.2 Å². The summed E-state index contributed by atoms with van der Waals surface area (Å²) in [5, 5.41) is 11.8. The minimum absolute atomic E-state index is 0.0238. The first kappa shape index (κ1) is 17.4. The highest BCUT2D eigenvalue weighted by atomic mass is 16.3. The third-order valence-electron chi connectivity index (χ3n) is 5.12. The number of hydrogen-bond acceptors (Lipinski definition) is 5. The van der Waals surface area contributed by atoms with Gasteiger partial charge in [0.1, 0.15) is 11.4 Å². The maximum absolute atomic E-state index is 12.5. The van der Waals surface area contributed by atoms with Gasteiger partial charge in [0.15, 0.2) is 17.0 Å². The van der Waals surface area contributed by atoms with Gasteiger partial charge in [-0.3, -0.25) is 9.59 Å². The SMILES string of the molecule is O=C(Nc1ccc(-c2nnc3n2CCCC3)cc1)c1cc(=O)c2ccccc2o1. The lowest BCUT2D eigenvalue weighted by molar-refractivity contribution is 0.0997. The molecule has 5 rings (SSSR count). The molecule has 29 heavy (non-hydrogen) atoms. The molecular weight excluding hydrogens is 368 g/mol. The van der Waals surface area contributed by atoms with Crippen molar-refractivity contribution in [1.29, 1.82) is 0 Å². The molecular formula is C22H18N4O3. The van der Waals surface area contributed by atoms with Crippen LogP contribution in [0.4, 0.5) is 5.69 Å². The van der Waals surface area contributed by atoms with Crippen LogP contribution in [0.2, 0.25) is 0 Å². The van der Waals surface area contributed by atoms with Crippen LogP contribution in [0, 0.1) is 0 Å². The predicted molar refractivity (Wildman–Crippen MR) is 109 cm³/mol. The fourth-order valence-corrected chi connectivity index (χ4v) is 3.63. The lowest BCUT2D eigenvalue weighted by atomic mass is 10.1. The van der Waals surface area contributed by atoms with Crippen molar-refractivity contribution < 1.29 is 9.21 Å². The van der Waals surface area contributed by atoms with Gasteiger partial charge in [0, 0.05) is 30.3 Å². The summed E-state index contributed by atoms with van der Waals surface area (Å²) >= 11 is 0. The van der Waals surface area contributed by atoms with E-state index in [1.807, 2.05) is 12.1 Å². The fourth-order valence-electron chi connectivity index (χ4n) is 3.63. The zero-order valence-corrected chi connectivity index (χ0v) is 15.6. The highest BCUT2D eigenvalue weighted by Crippen LogP contribution is 2.24. The number of amides is 1. The Balaban J connectivity index is 1.38. The zero-order valence-electron chi connectivity index (χ0n) is 15.6. The number of nitrogens with one attached hydrogen (secondary N) is 1. The van der Waals surface area contributed by atoms with Crippen molar-refractivity contribution in [3.63, 3.8) is 0 Å². The number of benzene rings is 2. The Hall–Kier alpha value is -3.74. The topological polar surface area (TPSA) is 90.0 Å². The molecule has 2 aromatic carbocycles. The Morgan fingerprint density at radius 1 is 1.03 bits per heavy atom. The number of aromatic nitrogens is 3. The number of para-hydroxylation sites is 1. The number of carbonyl (C=O) groups is 1. The van der Waals surface area contributed by atoms with Gasteiger partial charge >= 0.3 is 0 Å². The molecule has 2 aromatic heterocycles. The van der Waals surface area contributed by atoms with E-state index in [0.717, 1.165) is 43.0 Å². The fraction of sp³-hybridized carbons (Fsp3) is 0.182. The molecule has 7 heteroatoms. The van der Waals surface area contributed by atoms with Crippen molar-refractivity contribution in [3.05, 3.63) is 76.4 Å². The van der Waals surface area contributed by atoms with Crippen molar-refractivity contribution in [2.24, 2.45) is 0 Å².